The van der Waals surface area contributed by atoms with Gasteiger partial charge in [0.1, 0.15) is 23.2 Å². The molecule has 0 aliphatic carbocycles. The zero-order valence-electron chi connectivity index (χ0n) is 16.6. The van der Waals surface area contributed by atoms with Crippen molar-refractivity contribution in [1.82, 2.24) is 25.2 Å². The molecular formula is C21H25FN6O. The van der Waals surface area contributed by atoms with Gasteiger partial charge in [-0.2, -0.15) is 0 Å². The predicted octanol–water partition coefficient (Wildman–Crippen LogP) is 2.88. The number of fused-ring (bicyclic) bond motifs is 1. The van der Waals surface area contributed by atoms with Gasteiger partial charge in [0.25, 0.3) is 5.91 Å². The van der Waals surface area contributed by atoms with E-state index in [0.717, 1.165) is 48.8 Å². The number of hydrogen-bond acceptors (Lipinski definition) is 5. The van der Waals surface area contributed by atoms with Crippen LogP contribution in [0.5, 0.6) is 0 Å². The van der Waals surface area contributed by atoms with Gasteiger partial charge in [-0.1, -0.05) is 0 Å². The number of nitrogens with one attached hydrogen (secondary N) is 3. The second kappa shape index (κ2) is 8.16. The molecular weight excluding hydrogens is 371 g/mol. The number of benzene rings is 1. The van der Waals surface area contributed by atoms with Crippen LogP contribution in [-0.4, -0.2) is 52.9 Å². The summed E-state index contributed by atoms with van der Waals surface area (Å²) in [5.74, 6) is 1.33. The Labute approximate surface area is 168 Å². The highest BCUT2D eigenvalue weighted by atomic mass is 19.1. The molecule has 3 heterocycles. The minimum Gasteiger partial charge on any atom is -0.373 e. The number of piperidine rings is 1. The molecule has 0 unspecified atom stereocenters. The average Bonchev–Trinajstić information content (AvgIpc) is 3.16. The van der Waals surface area contributed by atoms with Gasteiger partial charge in [0, 0.05) is 43.5 Å². The van der Waals surface area contributed by atoms with E-state index in [4.69, 9.17) is 4.98 Å². The molecule has 4 rings (SSSR count). The Kier molecular flexibility index (Phi) is 5.44. The van der Waals surface area contributed by atoms with Gasteiger partial charge in [0.15, 0.2) is 0 Å². The Morgan fingerprint density at radius 3 is 2.93 bits per heavy atom. The fourth-order valence-corrected chi connectivity index (χ4v) is 3.72. The topological polar surface area (TPSA) is 85.9 Å². The van der Waals surface area contributed by atoms with E-state index in [1.807, 2.05) is 13.1 Å². The van der Waals surface area contributed by atoms with Crippen molar-refractivity contribution in [2.24, 2.45) is 0 Å². The maximum atomic E-state index is 13.4. The number of carbonyl (C=O) groups is 1. The van der Waals surface area contributed by atoms with E-state index in [1.54, 1.807) is 24.1 Å². The van der Waals surface area contributed by atoms with E-state index in [2.05, 4.69) is 20.6 Å². The molecule has 2 aromatic heterocycles. The lowest BCUT2D eigenvalue weighted by Crippen LogP contribution is -2.30. The third-order valence-corrected chi connectivity index (χ3v) is 5.27. The Hall–Kier alpha value is -3.00. The maximum absolute atomic E-state index is 13.4. The molecule has 0 radical (unpaired) electrons. The normalized spacial score (nSPS) is 16.7. The van der Waals surface area contributed by atoms with Crippen LogP contribution in [0.25, 0.3) is 10.9 Å². The third-order valence-electron chi connectivity index (χ3n) is 5.27. The summed E-state index contributed by atoms with van der Waals surface area (Å²) in [6, 6.07) is 7.96. The SMILES string of the molecule is CNc1cc(CN(C)C(=O)c2cc3cc(F)ccc3[nH]2)nc([C@@H]2CCCNC2)n1. The van der Waals surface area contributed by atoms with Crippen LogP contribution in [0.3, 0.4) is 0 Å². The van der Waals surface area contributed by atoms with Crippen LogP contribution in [0.4, 0.5) is 10.2 Å². The van der Waals surface area contributed by atoms with Gasteiger partial charge in [-0.3, -0.25) is 4.79 Å². The van der Waals surface area contributed by atoms with Crippen molar-refractivity contribution >= 4 is 22.6 Å². The number of aromatic amines is 1. The molecule has 3 N–H and O–H groups in total. The molecule has 7 nitrogen and oxygen atoms in total. The quantitative estimate of drug-likeness (QED) is 0.617. The van der Waals surface area contributed by atoms with Gasteiger partial charge in [-0.15, -0.1) is 0 Å². The molecule has 1 fully saturated rings. The number of H-pyrrole nitrogens is 1. The summed E-state index contributed by atoms with van der Waals surface area (Å²) < 4.78 is 13.4. The van der Waals surface area contributed by atoms with Crippen molar-refractivity contribution in [3.8, 4) is 0 Å². The summed E-state index contributed by atoms with van der Waals surface area (Å²) in [5, 5.41) is 7.15. The Balaban J connectivity index is 1.54. The Bertz CT molecular complexity index is 1030. The van der Waals surface area contributed by atoms with Crippen LogP contribution >= 0.6 is 0 Å². The third kappa shape index (κ3) is 4.22. The summed E-state index contributed by atoms with van der Waals surface area (Å²) in [6.45, 7) is 2.25. The molecule has 152 valence electrons. The first kappa shape index (κ1) is 19.3. The van der Waals surface area contributed by atoms with Crippen molar-refractivity contribution in [1.29, 1.82) is 0 Å². The molecule has 0 saturated carbocycles. The largest absolute Gasteiger partial charge is 0.373 e. The van der Waals surface area contributed by atoms with Crippen molar-refractivity contribution in [3.05, 3.63) is 53.4 Å². The Morgan fingerprint density at radius 2 is 2.17 bits per heavy atom. The number of aromatic nitrogens is 3. The van der Waals surface area contributed by atoms with Crippen LogP contribution < -0.4 is 10.6 Å². The molecule has 0 bridgehead atoms. The molecule has 1 aromatic carbocycles. The van der Waals surface area contributed by atoms with E-state index in [0.29, 0.717) is 17.6 Å². The van der Waals surface area contributed by atoms with E-state index < -0.39 is 0 Å². The van der Waals surface area contributed by atoms with Gasteiger partial charge < -0.3 is 20.5 Å². The minimum atomic E-state index is -0.325. The number of carbonyl (C=O) groups excluding carboxylic acids is 1. The van der Waals surface area contributed by atoms with Gasteiger partial charge >= 0.3 is 0 Å². The molecule has 1 atom stereocenters. The first-order valence-electron chi connectivity index (χ1n) is 9.83. The number of nitrogens with zero attached hydrogens (tertiary/aromatic N) is 3. The number of amides is 1. The second-order valence-corrected chi connectivity index (χ2v) is 7.47. The monoisotopic (exact) mass is 396 g/mol. The minimum absolute atomic E-state index is 0.174. The second-order valence-electron chi connectivity index (χ2n) is 7.47. The van der Waals surface area contributed by atoms with E-state index in [1.165, 1.54) is 12.1 Å². The van der Waals surface area contributed by atoms with Crippen LogP contribution in [0.1, 0.15) is 40.8 Å². The molecule has 1 saturated heterocycles. The Morgan fingerprint density at radius 1 is 1.31 bits per heavy atom. The molecule has 1 aliphatic rings. The zero-order valence-corrected chi connectivity index (χ0v) is 16.6. The highest BCUT2D eigenvalue weighted by molar-refractivity contribution is 5.97. The number of rotatable bonds is 5. The molecule has 1 amide bonds. The zero-order chi connectivity index (χ0) is 20.4. The lowest BCUT2D eigenvalue weighted by Gasteiger charge is -2.23. The highest BCUT2D eigenvalue weighted by Crippen LogP contribution is 2.23. The van der Waals surface area contributed by atoms with Gasteiger partial charge in [-0.25, -0.2) is 14.4 Å². The highest BCUT2D eigenvalue weighted by Gasteiger charge is 2.21. The molecule has 1 aliphatic heterocycles. The van der Waals surface area contributed by atoms with Crippen LogP contribution in [-0.2, 0) is 6.54 Å². The number of anilines is 1. The van der Waals surface area contributed by atoms with Crippen molar-refractivity contribution < 1.29 is 9.18 Å². The standard InChI is InChI=1S/C21H25FN6O/c1-23-19-10-16(25-20(27-19)13-4-3-7-24-11-13)12-28(2)21(29)18-9-14-8-15(22)5-6-17(14)26-18/h5-6,8-10,13,24,26H,3-4,7,11-12H2,1-2H3,(H,23,25,27)/t13-/m1/s1. The first-order chi connectivity index (χ1) is 14.0. The molecule has 29 heavy (non-hydrogen) atoms. The van der Waals surface area contributed by atoms with E-state index >= 15 is 0 Å². The van der Waals surface area contributed by atoms with Crippen LogP contribution in [0.15, 0.2) is 30.3 Å². The van der Waals surface area contributed by atoms with Crippen molar-refractivity contribution in [2.75, 3.05) is 32.5 Å². The summed E-state index contributed by atoms with van der Waals surface area (Å²) >= 11 is 0. The summed E-state index contributed by atoms with van der Waals surface area (Å²) in [4.78, 5) is 26.9. The van der Waals surface area contributed by atoms with Crippen LogP contribution in [0.2, 0.25) is 0 Å². The lowest BCUT2D eigenvalue weighted by atomic mass is 9.99. The molecule has 0 spiro atoms. The maximum Gasteiger partial charge on any atom is 0.270 e. The predicted molar refractivity (Wildman–Crippen MR) is 110 cm³/mol. The lowest BCUT2D eigenvalue weighted by molar-refractivity contribution is 0.0778. The van der Waals surface area contributed by atoms with Gasteiger partial charge in [0.05, 0.1) is 12.2 Å². The summed E-state index contributed by atoms with van der Waals surface area (Å²) in [7, 11) is 3.56. The summed E-state index contributed by atoms with van der Waals surface area (Å²) in [6.07, 6.45) is 2.16. The van der Waals surface area contributed by atoms with Gasteiger partial charge in [0.2, 0.25) is 0 Å². The van der Waals surface area contributed by atoms with E-state index in [9.17, 15) is 9.18 Å². The molecule has 3 aromatic rings. The smallest absolute Gasteiger partial charge is 0.270 e. The fraction of sp³-hybridized carbons (Fsp3) is 0.381. The van der Waals surface area contributed by atoms with Gasteiger partial charge in [-0.05, 0) is 43.7 Å². The average molecular weight is 396 g/mol. The first-order valence-corrected chi connectivity index (χ1v) is 9.83. The van der Waals surface area contributed by atoms with Crippen LogP contribution in [0, 0.1) is 5.82 Å². The number of halogens is 1. The van der Waals surface area contributed by atoms with Crippen molar-refractivity contribution in [3.63, 3.8) is 0 Å². The van der Waals surface area contributed by atoms with E-state index in [-0.39, 0.29) is 17.6 Å². The van der Waals surface area contributed by atoms with Crippen molar-refractivity contribution in [2.45, 2.75) is 25.3 Å². The summed E-state index contributed by atoms with van der Waals surface area (Å²) in [5.41, 5.74) is 1.94. The molecule has 8 heteroatoms. The fourth-order valence-electron chi connectivity index (χ4n) is 3.72. The number of hydrogen-bond donors (Lipinski definition) is 3.